The van der Waals surface area contributed by atoms with Crippen molar-refractivity contribution >= 4 is 32.7 Å². The van der Waals surface area contributed by atoms with Crippen LogP contribution in [0.15, 0.2) is 28.6 Å². The summed E-state index contributed by atoms with van der Waals surface area (Å²) in [5.74, 6) is 0.0958. The summed E-state index contributed by atoms with van der Waals surface area (Å²) < 4.78 is 24.4. The molecule has 1 aromatic carbocycles. The number of halogens is 1. The molecule has 3 N–H and O–H groups in total. The lowest BCUT2D eigenvalue weighted by atomic mass is 9.90. The Labute approximate surface area is 187 Å². The number of carbonyl (C=O) groups excluding carboxylic acids is 2. The Bertz CT molecular complexity index is 1010. The molecule has 0 aliphatic heterocycles. The van der Waals surface area contributed by atoms with E-state index >= 15 is 0 Å². The molecule has 0 radical (unpaired) electrons. The molecule has 1 aliphatic carbocycles. The first-order valence-corrected chi connectivity index (χ1v) is 12.4. The Hall–Kier alpha value is -1.61. The molecule has 0 atom stereocenters. The predicted molar refractivity (Wildman–Crippen MR) is 112 cm³/mol. The Morgan fingerprint density at radius 2 is 1.90 bits per heavy atom. The summed E-state index contributed by atoms with van der Waals surface area (Å²) in [6, 6.07) is 5.67. The minimum atomic E-state index is -3.38. The monoisotopic (exact) mass is 470 g/mol. The van der Waals surface area contributed by atoms with Gasteiger partial charge in [-0.2, -0.15) is 0 Å². The van der Waals surface area contributed by atoms with Gasteiger partial charge in [0, 0.05) is 17.9 Å². The fourth-order valence-electron chi connectivity index (χ4n) is 3.73. The number of Topliss-reactive ketones (excluding diaryl/α,β-unsaturated/α-hetero) is 2. The number of sulfone groups is 1. The molecular formula is C21H27ClN2O4S2. The Morgan fingerprint density at radius 3 is 2.57 bits per heavy atom. The lowest BCUT2D eigenvalue weighted by Crippen LogP contribution is -3.00. The SMILES string of the molecule is Cc1ccc(CC(=O)Cc2ncc(S(=O)(=O)CC[NH3+])s2)c(C(=O)C2CCCC2)c1.[Cl-]. The van der Waals surface area contributed by atoms with Crippen LogP contribution in [-0.2, 0) is 27.5 Å². The largest absolute Gasteiger partial charge is 1.00 e. The molecule has 9 heteroatoms. The number of thiazole rings is 1. The molecule has 0 unspecified atom stereocenters. The molecule has 0 saturated heterocycles. The van der Waals surface area contributed by atoms with Gasteiger partial charge >= 0.3 is 0 Å². The van der Waals surface area contributed by atoms with E-state index in [-0.39, 0.29) is 52.7 Å². The molecule has 6 nitrogen and oxygen atoms in total. The summed E-state index contributed by atoms with van der Waals surface area (Å²) in [5.41, 5.74) is 5.99. The van der Waals surface area contributed by atoms with Crippen LogP contribution in [0.1, 0.15) is 52.2 Å². The summed E-state index contributed by atoms with van der Waals surface area (Å²) in [5, 5.41) is 0.480. The van der Waals surface area contributed by atoms with E-state index < -0.39 is 9.84 Å². The van der Waals surface area contributed by atoms with Crippen LogP contribution in [0.5, 0.6) is 0 Å². The topological polar surface area (TPSA) is 109 Å². The summed E-state index contributed by atoms with van der Waals surface area (Å²) in [6.07, 6.45) is 5.54. The maximum atomic E-state index is 12.9. The Morgan fingerprint density at radius 1 is 1.20 bits per heavy atom. The molecule has 0 amide bonds. The third-order valence-corrected chi connectivity index (χ3v) is 8.59. The summed E-state index contributed by atoms with van der Waals surface area (Å²) in [7, 11) is -3.38. The first kappa shape index (κ1) is 24.7. The number of nitrogens with zero attached hydrogens (tertiary/aromatic N) is 1. The van der Waals surface area contributed by atoms with Crippen molar-refractivity contribution in [2.24, 2.45) is 5.92 Å². The van der Waals surface area contributed by atoms with Crippen molar-refractivity contribution in [1.29, 1.82) is 0 Å². The van der Waals surface area contributed by atoms with Gasteiger partial charge in [-0.1, -0.05) is 30.5 Å². The highest BCUT2D eigenvalue weighted by molar-refractivity contribution is 7.93. The molecule has 164 valence electrons. The Kier molecular flexibility index (Phi) is 8.73. The second-order valence-electron chi connectivity index (χ2n) is 7.64. The van der Waals surface area contributed by atoms with E-state index in [9.17, 15) is 18.0 Å². The van der Waals surface area contributed by atoms with E-state index in [0.717, 1.165) is 48.1 Å². The fourth-order valence-corrected chi connectivity index (χ4v) is 6.25. The number of quaternary nitrogens is 1. The second kappa shape index (κ2) is 10.6. The van der Waals surface area contributed by atoms with Crippen molar-refractivity contribution in [3.8, 4) is 0 Å². The molecule has 30 heavy (non-hydrogen) atoms. The van der Waals surface area contributed by atoms with E-state index in [4.69, 9.17) is 0 Å². The van der Waals surface area contributed by atoms with Crippen LogP contribution in [0.25, 0.3) is 0 Å². The first-order valence-electron chi connectivity index (χ1n) is 9.92. The average molecular weight is 471 g/mol. The average Bonchev–Trinajstić information content (AvgIpc) is 3.35. The fraction of sp³-hybridized carbons (Fsp3) is 0.476. The molecule has 0 spiro atoms. The van der Waals surface area contributed by atoms with Crippen LogP contribution in [0.4, 0.5) is 0 Å². The van der Waals surface area contributed by atoms with Crippen LogP contribution in [0, 0.1) is 12.8 Å². The number of hydrogen-bond acceptors (Lipinski definition) is 6. The van der Waals surface area contributed by atoms with Crippen LogP contribution in [0.3, 0.4) is 0 Å². The lowest BCUT2D eigenvalue weighted by molar-refractivity contribution is -0.360. The van der Waals surface area contributed by atoms with E-state index in [2.05, 4.69) is 10.7 Å². The second-order valence-corrected chi connectivity index (χ2v) is 11.1. The molecule has 1 aliphatic rings. The highest BCUT2D eigenvalue weighted by Crippen LogP contribution is 2.30. The van der Waals surface area contributed by atoms with Gasteiger partial charge < -0.3 is 18.1 Å². The van der Waals surface area contributed by atoms with Gasteiger partial charge in [0.1, 0.15) is 20.8 Å². The minimum Gasteiger partial charge on any atom is -1.00 e. The van der Waals surface area contributed by atoms with Gasteiger partial charge in [0.05, 0.1) is 19.2 Å². The van der Waals surface area contributed by atoms with Gasteiger partial charge in [-0.3, -0.25) is 9.59 Å². The lowest BCUT2D eigenvalue weighted by Gasteiger charge is -2.13. The van der Waals surface area contributed by atoms with E-state index in [0.29, 0.717) is 17.1 Å². The highest BCUT2D eigenvalue weighted by Gasteiger charge is 2.26. The van der Waals surface area contributed by atoms with Crippen LogP contribution < -0.4 is 18.1 Å². The number of rotatable bonds is 9. The third kappa shape index (κ3) is 5.97. The summed E-state index contributed by atoms with van der Waals surface area (Å²) >= 11 is 1.04. The molecule has 1 saturated carbocycles. The van der Waals surface area contributed by atoms with Gasteiger partial charge in [0.15, 0.2) is 15.6 Å². The molecule has 2 aromatic rings. The number of ketones is 2. The van der Waals surface area contributed by atoms with Crippen molar-refractivity contribution in [3.05, 3.63) is 46.1 Å². The van der Waals surface area contributed by atoms with E-state index in [1.165, 1.54) is 6.20 Å². The molecule has 1 heterocycles. The third-order valence-electron chi connectivity index (χ3n) is 5.24. The molecular weight excluding hydrogens is 444 g/mol. The molecule has 3 rings (SSSR count). The zero-order chi connectivity index (χ0) is 21.0. The predicted octanol–water partition coefficient (Wildman–Crippen LogP) is -0.802. The molecule has 0 bridgehead atoms. The van der Waals surface area contributed by atoms with Crippen molar-refractivity contribution in [3.63, 3.8) is 0 Å². The van der Waals surface area contributed by atoms with Gasteiger partial charge in [-0.05, 0) is 31.4 Å². The summed E-state index contributed by atoms with van der Waals surface area (Å²) in [6.45, 7) is 2.24. The van der Waals surface area contributed by atoms with Crippen molar-refractivity contribution in [1.82, 2.24) is 4.98 Å². The summed E-state index contributed by atoms with van der Waals surface area (Å²) in [4.78, 5) is 29.7. The quantitative estimate of drug-likeness (QED) is 0.482. The number of aromatic nitrogens is 1. The van der Waals surface area contributed by atoms with Crippen molar-refractivity contribution in [2.75, 3.05) is 12.3 Å². The minimum absolute atomic E-state index is 0. The zero-order valence-corrected chi connectivity index (χ0v) is 19.4. The standard InChI is InChI=1S/C21H26N2O4S2.ClH/c1-14-6-7-16(18(10-14)21(25)15-4-2-3-5-15)11-17(24)12-19-23-13-20(28-19)29(26,27)9-8-22;/h6-7,10,13,15H,2-5,8-9,11-12,22H2,1H3;1H. The van der Waals surface area contributed by atoms with Crippen LogP contribution in [-0.4, -0.2) is 37.3 Å². The maximum absolute atomic E-state index is 12.9. The highest BCUT2D eigenvalue weighted by atomic mass is 35.5. The first-order chi connectivity index (χ1) is 13.8. The normalized spacial score (nSPS) is 14.5. The molecule has 1 aromatic heterocycles. The van der Waals surface area contributed by atoms with Crippen molar-refractivity contribution < 1.29 is 36.1 Å². The molecule has 1 fully saturated rings. The number of benzene rings is 1. The van der Waals surface area contributed by atoms with Gasteiger partial charge in [0.25, 0.3) is 0 Å². The van der Waals surface area contributed by atoms with Crippen LogP contribution >= 0.6 is 11.3 Å². The van der Waals surface area contributed by atoms with Gasteiger partial charge in [-0.15, -0.1) is 11.3 Å². The van der Waals surface area contributed by atoms with E-state index in [1.54, 1.807) is 0 Å². The number of aryl methyl sites for hydroxylation is 1. The van der Waals surface area contributed by atoms with Gasteiger partial charge in [0.2, 0.25) is 0 Å². The Balaban J connectivity index is 0.00000320. The number of hydrogen-bond donors (Lipinski definition) is 1. The van der Waals surface area contributed by atoms with E-state index in [1.807, 2.05) is 25.1 Å². The van der Waals surface area contributed by atoms with Gasteiger partial charge in [-0.25, -0.2) is 13.4 Å². The maximum Gasteiger partial charge on any atom is 0.194 e. The number of carbonyl (C=O) groups is 2. The van der Waals surface area contributed by atoms with Crippen molar-refractivity contribution in [2.45, 2.75) is 49.7 Å². The smallest absolute Gasteiger partial charge is 0.194 e. The van der Waals surface area contributed by atoms with Crippen LogP contribution in [0.2, 0.25) is 0 Å². The zero-order valence-electron chi connectivity index (χ0n) is 17.0.